The molecule has 4 rings (SSSR count). The van der Waals surface area contributed by atoms with E-state index < -0.39 is 0 Å². The number of para-hydroxylation sites is 1. The lowest BCUT2D eigenvalue weighted by Gasteiger charge is -2.16. The zero-order valence-electron chi connectivity index (χ0n) is 16.8. The van der Waals surface area contributed by atoms with Gasteiger partial charge in [-0.25, -0.2) is 4.98 Å². The van der Waals surface area contributed by atoms with Crippen LogP contribution in [0.25, 0.3) is 16.6 Å². The molecule has 1 N–H and O–H groups in total. The van der Waals surface area contributed by atoms with E-state index in [1.165, 1.54) is 24.6 Å². The summed E-state index contributed by atoms with van der Waals surface area (Å²) >= 11 is 1.32. The van der Waals surface area contributed by atoms with Crippen molar-refractivity contribution in [2.24, 2.45) is 0 Å². The first-order chi connectivity index (χ1) is 14.0. The molecule has 150 valence electrons. The molecule has 1 amide bonds. The molecule has 6 heteroatoms. The molecule has 1 saturated carbocycles. The van der Waals surface area contributed by atoms with E-state index in [4.69, 9.17) is 4.98 Å². The van der Waals surface area contributed by atoms with Gasteiger partial charge in [-0.2, -0.15) is 0 Å². The maximum atomic E-state index is 13.3. The minimum Gasteiger partial charge on any atom is -0.353 e. The summed E-state index contributed by atoms with van der Waals surface area (Å²) in [7, 11) is 0. The molecule has 0 saturated heterocycles. The van der Waals surface area contributed by atoms with E-state index in [0.717, 1.165) is 29.7 Å². The van der Waals surface area contributed by atoms with Crippen molar-refractivity contribution in [2.75, 3.05) is 5.75 Å². The predicted octanol–water partition coefficient (Wildman–Crippen LogP) is 4.15. The van der Waals surface area contributed by atoms with Crippen LogP contribution >= 0.6 is 11.8 Å². The molecule has 0 bridgehead atoms. The van der Waals surface area contributed by atoms with Crippen LogP contribution in [0, 0.1) is 13.8 Å². The molecule has 1 aliphatic rings. The highest BCUT2D eigenvalue weighted by molar-refractivity contribution is 7.99. The fourth-order valence-electron chi connectivity index (χ4n) is 3.95. The smallest absolute Gasteiger partial charge is 0.266 e. The Bertz CT molecular complexity index is 1120. The van der Waals surface area contributed by atoms with Crippen LogP contribution in [-0.4, -0.2) is 27.3 Å². The van der Waals surface area contributed by atoms with Gasteiger partial charge in [-0.05, 0) is 50.5 Å². The maximum absolute atomic E-state index is 13.3. The third-order valence-corrected chi connectivity index (χ3v) is 6.33. The number of hydrogen-bond donors (Lipinski definition) is 1. The highest BCUT2D eigenvalue weighted by Crippen LogP contribution is 2.24. The summed E-state index contributed by atoms with van der Waals surface area (Å²) in [4.78, 5) is 30.5. The van der Waals surface area contributed by atoms with E-state index in [1.54, 1.807) is 10.6 Å². The van der Waals surface area contributed by atoms with Gasteiger partial charge in [0.25, 0.3) is 5.56 Å². The minimum absolute atomic E-state index is 0.00325. The first-order valence-electron chi connectivity index (χ1n) is 10.0. The minimum atomic E-state index is -0.110. The molecule has 0 spiro atoms. The van der Waals surface area contributed by atoms with E-state index in [-0.39, 0.29) is 23.3 Å². The van der Waals surface area contributed by atoms with Gasteiger partial charge in [0.15, 0.2) is 5.16 Å². The van der Waals surface area contributed by atoms with Gasteiger partial charge in [0.2, 0.25) is 5.91 Å². The molecule has 2 aromatic carbocycles. The highest BCUT2D eigenvalue weighted by Gasteiger charge is 2.19. The number of carbonyl (C=O) groups excluding carboxylic acids is 1. The van der Waals surface area contributed by atoms with Crippen molar-refractivity contribution in [2.45, 2.75) is 50.7 Å². The first kappa shape index (κ1) is 19.7. The Morgan fingerprint density at radius 3 is 2.69 bits per heavy atom. The van der Waals surface area contributed by atoms with Gasteiger partial charge in [0.05, 0.1) is 22.3 Å². The fraction of sp³-hybridized carbons (Fsp3) is 0.348. The van der Waals surface area contributed by atoms with Crippen LogP contribution in [0.4, 0.5) is 0 Å². The first-order valence-corrected chi connectivity index (χ1v) is 11.0. The molecule has 0 atom stereocenters. The van der Waals surface area contributed by atoms with Crippen LogP contribution in [0.5, 0.6) is 0 Å². The molecular weight excluding hydrogens is 382 g/mol. The van der Waals surface area contributed by atoms with Gasteiger partial charge in [-0.1, -0.05) is 54.4 Å². The summed E-state index contributed by atoms with van der Waals surface area (Å²) in [5.74, 6) is 0.239. The summed E-state index contributed by atoms with van der Waals surface area (Å²) < 4.78 is 1.64. The quantitative estimate of drug-likeness (QED) is 0.510. The molecule has 5 nitrogen and oxygen atoms in total. The number of amides is 1. The van der Waals surface area contributed by atoms with Gasteiger partial charge in [0.1, 0.15) is 0 Å². The second-order valence-corrected chi connectivity index (χ2v) is 8.62. The van der Waals surface area contributed by atoms with Crippen molar-refractivity contribution in [3.63, 3.8) is 0 Å². The van der Waals surface area contributed by atoms with Gasteiger partial charge < -0.3 is 5.32 Å². The zero-order valence-corrected chi connectivity index (χ0v) is 17.6. The van der Waals surface area contributed by atoms with Crippen molar-refractivity contribution in [3.8, 4) is 5.69 Å². The van der Waals surface area contributed by atoms with Gasteiger partial charge in [0, 0.05) is 6.04 Å². The number of nitrogens with zero attached hydrogens (tertiary/aromatic N) is 2. The molecule has 1 heterocycles. The SMILES string of the molecule is Cc1ccc(-n2c(SCC(=O)NC3CCCC3)nc3ccccc3c2=O)c(C)c1. The van der Waals surface area contributed by atoms with Crippen molar-refractivity contribution in [1.82, 2.24) is 14.9 Å². The third-order valence-electron chi connectivity index (χ3n) is 5.39. The number of benzene rings is 2. The van der Waals surface area contributed by atoms with Crippen LogP contribution in [0.1, 0.15) is 36.8 Å². The number of fused-ring (bicyclic) bond motifs is 1. The number of nitrogens with one attached hydrogen (secondary N) is 1. The van der Waals surface area contributed by atoms with E-state index in [1.807, 2.05) is 44.2 Å². The maximum Gasteiger partial charge on any atom is 0.266 e. The zero-order chi connectivity index (χ0) is 20.4. The lowest BCUT2D eigenvalue weighted by molar-refractivity contribution is -0.119. The summed E-state index contributed by atoms with van der Waals surface area (Å²) in [6, 6.07) is 13.6. The molecule has 1 aromatic heterocycles. The van der Waals surface area contributed by atoms with Crippen molar-refractivity contribution in [3.05, 3.63) is 63.9 Å². The molecular formula is C23H25N3O2S. The normalized spacial score (nSPS) is 14.4. The van der Waals surface area contributed by atoms with Crippen molar-refractivity contribution >= 4 is 28.6 Å². The number of aryl methyl sites for hydroxylation is 2. The van der Waals surface area contributed by atoms with Gasteiger partial charge in [-0.3, -0.25) is 14.2 Å². The Kier molecular flexibility index (Phi) is 5.72. The monoisotopic (exact) mass is 407 g/mol. The topological polar surface area (TPSA) is 64.0 Å². The molecule has 0 radical (unpaired) electrons. The predicted molar refractivity (Wildman–Crippen MR) is 118 cm³/mol. The summed E-state index contributed by atoms with van der Waals surface area (Å²) in [5.41, 5.74) is 3.48. The molecule has 29 heavy (non-hydrogen) atoms. The fourth-order valence-corrected chi connectivity index (χ4v) is 4.76. The van der Waals surface area contributed by atoms with Crippen LogP contribution in [0.15, 0.2) is 52.4 Å². The second kappa shape index (κ2) is 8.41. The van der Waals surface area contributed by atoms with Crippen LogP contribution < -0.4 is 10.9 Å². The number of aromatic nitrogens is 2. The van der Waals surface area contributed by atoms with E-state index >= 15 is 0 Å². The second-order valence-electron chi connectivity index (χ2n) is 7.68. The Balaban J connectivity index is 1.71. The van der Waals surface area contributed by atoms with Gasteiger partial charge in [-0.15, -0.1) is 0 Å². The van der Waals surface area contributed by atoms with Gasteiger partial charge >= 0.3 is 0 Å². The number of thioether (sulfide) groups is 1. The van der Waals surface area contributed by atoms with E-state index in [0.29, 0.717) is 16.1 Å². The van der Waals surface area contributed by atoms with Crippen LogP contribution in [0.2, 0.25) is 0 Å². The van der Waals surface area contributed by atoms with Crippen LogP contribution in [-0.2, 0) is 4.79 Å². The summed E-state index contributed by atoms with van der Waals surface area (Å²) in [6.45, 7) is 4.02. The average Bonchev–Trinajstić information content (AvgIpc) is 3.20. The van der Waals surface area contributed by atoms with E-state index in [9.17, 15) is 9.59 Å². The highest BCUT2D eigenvalue weighted by atomic mass is 32.2. The molecule has 1 aliphatic carbocycles. The number of rotatable bonds is 5. The number of hydrogen-bond acceptors (Lipinski definition) is 4. The summed E-state index contributed by atoms with van der Waals surface area (Å²) in [6.07, 6.45) is 4.46. The lowest BCUT2D eigenvalue weighted by Crippen LogP contribution is -2.34. The molecule has 1 fully saturated rings. The van der Waals surface area contributed by atoms with Crippen LogP contribution in [0.3, 0.4) is 0 Å². The molecule has 0 unspecified atom stereocenters. The Morgan fingerprint density at radius 1 is 1.17 bits per heavy atom. The third kappa shape index (κ3) is 4.22. The largest absolute Gasteiger partial charge is 0.353 e. The Hall–Kier alpha value is -2.60. The average molecular weight is 408 g/mol. The Morgan fingerprint density at radius 2 is 1.93 bits per heavy atom. The standard InChI is InChI=1S/C23H25N3O2S/c1-15-11-12-20(16(2)13-15)26-22(28)18-9-5-6-10-19(18)25-23(26)29-14-21(27)24-17-7-3-4-8-17/h5-6,9-13,17H,3-4,7-8,14H2,1-2H3,(H,24,27). The van der Waals surface area contributed by atoms with E-state index in [2.05, 4.69) is 11.4 Å². The summed E-state index contributed by atoms with van der Waals surface area (Å²) in [5, 5.41) is 4.22. The molecule has 3 aromatic rings. The number of carbonyl (C=O) groups is 1. The molecule has 0 aliphatic heterocycles. The van der Waals surface area contributed by atoms with Crippen molar-refractivity contribution < 1.29 is 4.79 Å². The van der Waals surface area contributed by atoms with Crippen molar-refractivity contribution in [1.29, 1.82) is 0 Å². The Labute approximate surface area is 174 Å². The lowest BCUT2D eigenvalue weighted by atomic mass is 10.1.